The molecule has 3 aromatic heterocycles. The zero-order valence-electron chi connectivity index (χ0n) is 9.42. The van der Waals surface area contributed by atoms with Crippen LogP contribution in [0.5, 0.6) is 0 Å². The maximum Gasteiger partial charge on any atom is 0.154 e. The number of aromatic nitrogens is 3. The maximum atomic E-state index is 4.36. The van der Waals surface area contributed by atoms with Crippen molar-refractivity contribution in [2.45, 2.75) is 6.54 Å². The van der Waals surface area contributed by atoms with Crippen LogP contribution in [0.2, 0.25) is 0 Å². The third kappa shape index (κ3) is 1.89. The normalized spacial score (nSPS) is 10.9. The van der Waals surface area contributed by atoms with Gasteiger partial charge in [-0.05, 0) is 17.5 Å². The number of fused-ring (bicyclic) bond motifs is 1. The van der Waals surface area contributed by atoms with Crippen molar-refractivity contribution < 1.29 is 0 Å². The highest BCUT2D eigenvalue weighted by Crippen LogP contribution is 2.19. The number of anilines is 1. The minimum atomic E-state index is 0.792. The zero-order chi connectivity index (χ0) is 11.7. The number of pyridine rings is 1. The van der Waals surface area contributed by atoms with Crippen molar-refractivity contribution in [1.29, 1.82) is 0 Å². The van der Waals surface area contributed by atoms with Gasteiger partial charge in [0.2, 0.25) is 0 Å². The highest BCUT2D eigenvalue weighted by Gasteiger charge is 2.06. The Morgan fingerprint density at radius 2 is 2.29 bits per heavy atom. The first-order chi connectivity index (χ1) is 8.34. The fourth-order valence-corrected chi connectivity index (χ4v) is 2.42. The predicted octanol–water partition coefficient (Wildman–Crippen LogP) is 2.64. The van der Waals surface area contributed by atoms with E-state index in [2.05, 4.69) is 32.8 Å². The summed E-state index contributed by atoms with van der Waals surface area (Å²) in [7, 11) is 1.98. The summed E-state index contributed by atoms with van der Waals surface area (Å²) < 4.78 is 1.99. The van der Waals surface area contributed by atoms with Crippen molar-refractivity contribution in [1.82, 2.24) is 14.5 Å². The summed E-state index contributed by atoms with van der Waals surface area (Å²) in [4.78, 5) is 9.99. The van der Waals surface area contributed by atoms with E-state index in [9.17, 15) is 0 Å². The van der Waals surface area contributed by atoms with Crippen LogP contribution in [0, 0.1) is 0 Å². The SMILES string of the molecule is Cn1cnc2c(NCc3cccs3)nccc21. The van der Waals surface area contributed by atoms with E-state index in [-0.39, 0.29) is 0 Å². The van der Waals surface area contributed by atoms with Gasteiger partial charge in [0, 0.05) is 18.1 Å². The van der Waals surface area contributed by atoms with Gasteiger partial charge in [-0.3, -0.25) is 0 Å². The van der Waals surface area contributed by atoms with E-state index in [0.717, 1.165) is 23.4 Å². The quantitative estimate of drug-likeness (QED) is 0.770. The van der Waals surface area contributed by atoms with Gasteiger partial charge in [-0.2, -0.15) is 0 Å². The Morgan fingerprint density at radius 1 is 1.35 bits per heavy atom. The van der Waals surface area contributed by atoms with E-state index in [4.69, 9.17) is 0 Å². The number of thiophene rings is 1. The van der Waals surface area contributed by atoms with Crippen molar-refractivity contribution in [2.75, 3.05) is 5.32 Å². The van der Waals surface area contributed by atoms with E-state index >= 15 is 0 Å². The number of hydrogen-bond acceptors (Lipinski definition) is 4. The molecule has 3 heterocycles. The second kappa shape index (κ2) is 4.18. The second-order valence-electron chi connectivity index (χ2n) is 3.82. The predicted molar refractivity (Wildman–Crippen MR) is 70.2 cm³/mol. The molecular formula is C12H12N4S. The van der Waals surface area contributed by atoms with Crippen LogP contribution >= 0.6 is 11.3 Å². The molecule has 1 N–H and O–H groups in total. The van der Waals surface area contributed by atoms with Crippen LogP contribution in [0.3, 0.4) is 0 Å². The summed E-state index contributed by atoms with van der Waals surface area (Å²) in [6, 6.07) is 6.13. The molecule has 0 spiro atoms. The Hall–Kier alpha value is -1.88. The van der Waals surface area contributed by atoms with Gasteiger partial charge in [-0.1, -0.05) is 6.07 Å². The fraction of sp³-hybridized carbons (Fsp3) is 0.167. The molecule has 0 radical (unpaired) electrons. The molecule has 0 fully saturated rings. The minimum absolute atomic E-state index is 0.792. The molecule has 5 heteroatoms. The molecule has 0 aliphatic heterocycles. The van der Waals surface area contributed by atoms with Crippen molar-refractivity contribution in [2.24, 2.45) is 7.05 Å². The van der Waals surface area contributed by atoms with Gasteiger partial charge in [0.15, 0.2) is 5.82 Å². The fourth-order valence-electron chi connectivity index (χ4n) is 1.78. The molecular weight excluding hydrogens is 232 g/mol. The Balaban J connectivity index is 1.90. The number of hydrogen-bond donors (Lipinski definition) is 1. The van der Waals surface area contributed by atoms with Crippen LogP contribution < -0.4 is 5.32 Å². The van der Waals surface area contributed by atoms with Crippen molar-refractivity contribution in [3.63, 3.8) is 0 Å². The maximum absolute atomic E-state index is 4.36. The summed E-state index contributed by atoms with van der Waals surface area (Å²) in [5.41, 5.74) is 2.01. The molecule has 3 aromatic rings. The molecule has 0 aromatic carbocycles. The van der Waals surface area contributed by atoms with Crippen LogP contribution in [0.1, 0.15) is 4.88 Å². The Morgan fingerprint density at radius 3 is 3.12 bits per heavy atom. The Bertz CT molecular complexity index is 627. The molecule has 0 aliphatic rings. The third-order valence-corrected chi connectivity index (χ3v) is 3.53. The Kier molecular flexibility index (Phi) is 2.53. The third-order valence-electron chi connectivity index (χ3n) is 2.65. The van der Waals surface area contributed by atoms with Crippen LogP contribution in [-0.4, -0.2) is 14.5 Å². The molecule has 0 bridgehead atoms. The van der Waals surface area contributed by atoms with Gasteiger partial charge in [0.05, 0.1) is 18.4 Å². The van der Waals surface area contributed by atoms with E-state index in [1.807, 2.05) is 24.0 Å². The number of aryl methyl sites for hydroxylation is 1. The van der Waals surface area contributed by atoms with Crippen molar-refractivity contribution >= 4 is 28.2 Å². The van der Waals surface area contributed by atoms with Gasteiger partial charge in [0.25, 0.3) is 0 Å². The lowest BCUT2D eigenvalue weighted by atomic mass is 10.3. The summed E-state index contributed by atoms with van der Waals surface area (Å²) in [5.74, 6) is 0.844. The summed E-state index contributed by atoms with van der Waals surface area (Å²) in [6.45, 7) is 0.792. The first-order valence-corrected chi connectivity index (χ1v) is 6.25. The van der Waals surface area contributed by atoms with Gasteiger partial charge < -0.3 is 9.88 Å². The smallest absolute Gasteiger partial charge is 0.154 e. The lowest BCUT2D eigenvalue weighted by molar-refractivity contribution is 0.947. The molecule has 0 amide bonds. The number of rotatable bonds is 3. The minimum Gasteiger partial charge on any atom is -0.363 e. The standard InChI is InChI=1S/C12H12N4S/c1-16-8-15-11-10(16)4-5-13-12(11)14-7-9-3-2-6-17-9/h2-6,8H,7H2,1H3,(H,13,14). The first-order valence-electron chi connectivity index (χ1n) is 5.37. The molecule has 17 heavy (non-hydrogen) atoms. The molecule has 0 unspecified atom stereocenters. The van der Waals surface area contributed by atoms with E-state index < -0.39 is 0 Å². The largest absolute Gasteiger partial charge is 0.363 e. The number of imidazole rings is 1. The van der Waals surface area contributed by atoms with Crippen molar-refractivity contribution in [3.05, 3.63) is 41.0 Å². The first kappa shape index (κ1) is 10.3. The summed E-state index contributed by atoms with van der Waals surface area (Å²) >= 11 is 1.74. The van der Waals surface area contributed by atoms with Gasteiger partial charge in [-0.15, -0.1) is 11.3 Å². The van der Waals surface area contributed by atoms with Gasteiger partial charge in [-0.25, -0.2) is 9.97 Å². The second-order valence-corrected chi connectivity index (χ2v) is 4.85. The molecule has 0 atom stereocenters. The van der Waals surface area contributed by atoms with Crippen LogP contribution in [0.25, 0.3) is 11.0 Å². The van der Waals surface area contributed by atoms with E-state index in [1.165, 1.54) is 4.88 Å². The van der Waals surface area contributed by atoms with Crippen LogP contribution in [0.4, 0.5) is 5.82 Å². The topological polar surface area (TPSA) is 42.7 Å². The number of nitrogens with zero attached hydrogens (tertiary/aromatic N) is 3. The van der Waals surface area contributed by atoms with Crippen molar-refractivity contribution in [3.8, 4) is 0 Å². The zero-order valence-corrected chi connectivity index (χ0v) is 10.2. The molecule has 0 saturated heterocycles. The Labute approximate surface area is 103 Å². The average molecular weight is 244 g/mol. The molecule has 3 rings (SSSR count). The van der Waals surface area contributed by atoms with E-state index in [0.29, 0.717) is 0 Å². The average Bonchev–Trinajstić information content (AvgIpc) is 2.97. The summed E-state index contributed by atoms with van der Waals surface area (Å²) in [6.07, 6.45) is 3.61. The monoisotopic (exact) mass is 244 g/mol. The van der Waals surface area contributed by atoms with Crippen LogP contribution in [0.15, 0.2) is 36.1 Å². The van der Waals surface area contributed by atoms with Gasteiger partial charge >= 0.3 is 0 Å². The van der Waals surface area contributed by atoms with Gasteiger partial charge in [0.1, 0.15) is 5.52 Å². The molecule has 0 aliphatic carbocycles. The lowest BCUT2D eigenvalue weighted by Crippen LogP contribution is -2.00. The lowest BCUT2D eigenvalue weighted by Gasteiger charge is -2.04. The molecule has 0 saturated carbocycles. The number of nitrogens with one attached hydrogen (secondary N) is 1. The highest BCUT2D eigenvalue weighted by molar-refractivity contribution is 7.09. The molecule has 4 nitrogen and oxygen atoms in total. The highest BCUT2D eigenvalue weighted by atomic mass is 32.1. The summed E-state index contributed by atoms with van der Waals surface area (Å²) in [5, 5.41) is 5.40. The van der Waals surface area contributed by atoms with Crippen LogP contribution in [-0.2, 0) is 13.6 Å². The molecule has 86 valence electrons. The van der Waals surface area contributed by atoms with E-state index in [1.54, 1.807) is 17.5 Å².